The molecule has 196 valence electrons. The predicted octanol–water partition coefficient (Wildman–Crippen LogP) is 8.22. The number of aliphatic imine (C=N–C) groups is 1. The number of nitrogens with zero attached hydrogens (tertiary/aromatic N) is 1. The largest absolute Gasteiger partial charge is 0.494 e. The first-order valence-electron chi connectivity index (χ1n) is 12.7. The van der Waals surface area contributed by atoms with Crippen LogP contribution in [-0.2, 0) is 14.0 Å². The highest BCUT2D eigenvalue weighted by Crippen LogP contribution is 2.40. The molecule has 4 nitrogen and oxygen atoms in total. The Bertz CT molecular complexity index is 919. The maximum Gasteiger partial charge on any atom is 0.494 e. The molecule has 0 aliphatic carbocycles. The fourth-order valence-corrected chi connectivity index (χ4v) is 4.04. The molecule has 0 bridgehead atoms. The quantitative estimate of drug-likeness (QED) is 0.188. The average molecular weight is 484 g/mol. The number of rotatable bonds is 9. The molecule has 35 heavy (non-hydrogen) atoms. The maximum atomic E-state index is 6.36. The van der Waals surface area contributed by atoms with Crippen molar-refractivity contribution < 1.29 is 14.0 Å². The number of hydrogen-bond acceptors (Lipinski definition) is 4. The summed E-state index contributed by atoms with van der Waals surface area (Å²) < 4.78 is 18.4. The van der Waals surface area contributed by atoms with Crippen molar-refractivity contribution in [2.45, 2.75) is 114 Å². The molecule has 0 N–H and O–H groups in total. The van der Waals surface area contributed by atoms with Gasteiger partial charge in [0.25, 0.3) is 0 Å². The summed E-state index contributed by atoms with van der Waals surface area (Å²) in [7, 11) is 1.26. The van der Waals surface area contributed by atoms with Crippen LogP contribution in [0.15, 0.2) is 62.8 Å². The molecule has 1 aliphatic rings. The van der Waals surface area contributed by atoms with Crippen molar-refractivity contribution in [3.8, 4) is 0 Å². The Morgan fingerprint density at radius 2 is 1.54 bits per heavy atom. The van der Waals surface area contributed by atoms with E-state index in [9.17, 15) is 0 Å². The molecule has 0 aromatic heterocycles. The van der Waals surface area contributed by atoms with Gasteiger partial charge in [-0.1, -0.05) is 45.1 Å². The maximum absolute atomic E-state index is 6.36. The van der Waals surface area contributed by atoms with Crippen molar-refractivity contribution in [1.82, 2.24) is 0 Å². The second-order valence-electron chi connectivity index (χ2n) is 12.0. The Morgan fingerprint density at radius 3 is 1.91 bits per heavy atom. The summed E-state index contributed by atoms with van der Waals surface area (Å²) in [6.45, 7) is 31.9. The van der Waals surface area contributed by atoms with Gasteiger partial charge in [-0.3, -0.25) is 4.99 Å². The molecule has 0 aromatic rings. The van der Waals surface area contributed by atoms with Crippen molar-refractivity contribution in [3.63, 3.8) is 0 Å². The molecule has 0 saturated carbocycles. The number of allylic oxidation sites excluding steroid dienone is 8. The Balaban J connectivity index is 3.84. The lowest BCUT2D eigenvalue weighted by molar-refractivity contribution is 0.00578. The molecule has 1 atom stereocenters. The van der Waals surface area contributed by atoms with Crippen LogP contribution in [0.25, 0.3) is 0 Å². The van der Waals surface area contributed by atoms with Gasteiger partial charge < -0.3 is 14.0 Å². The normalized spacial score (nSPS) is 20.5. The smallest absolute Gasteiger partial charge is 0.399 e. The van der Waals surface area contributed by atoms with E-state index in [0.717, 1.165) is 23.2 Å². The zero-order valence-corrected chi connectivity index (χ0v) is 25.0. The summed E-state index contributed by atoms with van der Waals surface area (Å²) in [5, 5.41) is 0. The van der Waals surface area contributed by atoms with E-state index >= 15 is 0 Å². The minimum absolute atomic E-state index is 0.0884. The van der Waals surface area contributed by atoms with Crippen LogP contribution in [0.3, 0.4) is 0 Å². The summed E-state index contributed by atoms with van der Waals surface area (Å²) in [6.07, 6.45) is 6.70. The first kappa shape index (κ1) is 31.3. The molecule has 1 aliphatic heterocycles. The number of methoxy groups -OCH3 is 1. The molecule has 0 aromatic carbocycles. The highest BCUT2D eigenvalue weighted by Gasteiger charge is 2.52. The van der Waals surface area contributed by atoms with Gasteiger partial charge in [-0.2, -0.15) is 0 Å². The predicted molar refractivity (Wildman–Crippen MR) is 153 cm³/mol. The lowest BCUT2D eigenvalue weighted by Crippen LogP contribution is -2.41. The summed E-state index contributed by atoms with van der Waals surface area (Å²) >= 11 is 0. The molecule has 1 heterocycles. The second-order valence-corrected chi connectivity index (χ2v) is 12.0. The van der Waals surface area contributed by atoms with Crippen LogP contribution in [0.5, 0.6) is 0 Å². The third-order valence-corrected chi connectivity index (χ3v) is 7.05. The first-order valence-corrected chi connectivity index (χ1v) is 12.7. The Hall–Kier alpha value is -1.69. The van der Waals surface area contributed by atoms with Gasteiger partial charge in [0.15, 0.2) is 0 Å². The van der Waals surface area contributed by atoms with E-state index in [-0.39, 0.29) is 11.5 Å². The fourth-order valence-electron chi connectivity index (χ4n) is 4.04. The van der Waals surface area contributed by atoms with Gasteiger partial charge in [-0.25, -0.2) is 0 Å². The van der Waals surface area contributed by atoms with Gasteiger partial charge in [-0.05, 0) is 109 Å². The van der Waals surface area contributed by atoms with Gasteiger partial charge in [0, 0.05) is 13.3 Å². The van der Waals surface area contributed by atoms with Crippen molar-refractivity contribution in [2.24, 2.45) is 10.4 Å². The van der Waals surface area contributed by atoms with Crippen molar-refractivity contribution >= 4 is 13.3 Å². The third-order valence-electron chi connectivity index (χ3n) is 7.05. The van der Waals surface area contributed by atoms with E-state index in [1.54, 1.807) is 7.11 Å². The van der Waals surface area contributed by atoms with E-state index in [0.29, 0.717) is 0 Å². The lowest BCUT2D eigenvalue weighted by atomic mass is 9.74. The van der Waals surface area contributed by atoms with Gasteiger partial charge in [0.05, 0.1) is 23.0 Å². The molecular formula is C30H50BNO3. The molecule has 0 amide bonds. The molecule has 1 fully saturated rings. The van der Waals surface area contributed by atoms with E-state index < -0.39 is 18.3 Å². The Labute approximate surface area is 216 Å². The third kappa shape index (κ3) is 7.90. The van der Waals surface area contributed by atoms with E-state index in [1.165, 1.54) is 22.3 Å². The van der Waals surface area contributed by atoms with Crippen molar-refractivity contribution in [3.05, 3.63) is 57.8 Å². The summed E-state index contributed by atoms with van der Waals surface area (Å²) in [5.41, 5.74) is 7.21. The lowest BCUT2D eigenvalue weighted by Gasteiger charge is -2.32. The highest BCUT2D eigenvalue weighted by molar-refractivity contribution is 6.55. The van der Waals surface area contributed by atoms with E-state index in [4.69, 9.17) is 14.0 Å². The van der Waals surface area contributed by atoms with Crippen molar-refractivity contribution in [2.75, 3.05) is 7.11 Å². The van der Waals surface area contributed by atoms with Crippen LogP contribution in [0.2, 0.25) is 0 Å². The summed E-state index contributed by atoms with van der Waals surface area (Å²) in [4.78, 5) is 4.68. The number of hydrogen-bond donors (Lipinski definition) is 0. The van der Waals surface area contributed by atoms with Gasteiger partial charge in [0.1, 0.15) is 0 Å². The Morgan fingerprint density at radius 1 is 1.03 bits per heavy atom. The Kier molecular flexibility index (Phi) is 10.8. The monoisotopic (exact) mass is 483 g/mol. The zero-order chi connectivity index (χ0) is 27.4. The summed E-state index contributed by atoms with van der Waals surface area (Å²) in [5.74, 6) is 0. The number of ether oxygens (including phenoxy) is 1. The standard InChI is InChI=1S/C30H50BNO3/c1-16-24(31-34-29(11,12)30(13,14)35-31)18-25(20(3)4)26(19-28(8,9)10)21(5)22(6)27(32-17-2)23(7)33-15/h16-18,23H,1,19H2,2-15H3/b24-18+,26-21+,27-22+,32-17?. The molecule has 1 rings (SSSR count). The van der Waals surface area contributed by atoms with Crippen molar-refractivity contribution in [1.29, 1.82) is 0 Å². The second kappa shape index (κ2) is 12.0. The highest BCUT2D eigenvalue weighted by atomic mass is 16.7. The van der Waals surface area contributed by atoms with Gasteiger partial charge >= 0.3 is 7.12 Å². The van der Waals surface area contributed by atoms with Gasteiger partial charge in [0.2, 0.25) is 0 Å². The fraction of sp³-hybridized carbons (Fsp3) is 0.633. The van der Waals surface area contributed by atoms with Crippen LogP contribution in [0.4, 0.5) is 0 Å². The van der Waals surface area contributed by atoms with Crippen LogP contribution >= 0.6 is 0 Å². The zero-order valence-electron chi connectivity index (χ0n) is 25.0. The van der Waals surface area contributed by atoms with Crippen LogP contribution < -0.4 is 0 Å². The van der Waals surface area contributed by atoms with Crippen LogP contribution in [-0.4, -0.2) is 37.7 Å². The molecular weight excluding hydrogens is 433 g/mol. The minimum Gasteiger partial charge on any atom is -0.399 e. The van der Waals surface area contributed by atoms with Gasteiger partial charge in [-0.15, -0.1) is 0 Å². The van der Waals surface area contributed by atoms with E-state index in [2.05, 4.69) is 93.8 Å². The van der Waals surface area contributed by atoms with Crippen LogP contribution in [0, 0.1) is 5.41 Å². The summed E-state index contributed by atoms with van der Waals surface area (Å²) in [6, 6.07) is 0. The first-order chi connectivity index (χ1) is 15.9. The molecule has 1 saturated heterocycles. The molecule has 5 heteroatoms. The molecule has 0 radical (unpaired) electrons. The van der Waals surface area contributed by atoms with E-state index in [1.807, 2.05) is 26.1 Å². The molecule has 1 unspecified atom stereocenters. The SMILES string of the molecule is C=C/C(=C\C(=C(C)C)/C(CC(C)(C)C)=C(C)/C(C)=C(/N=CC)C(C)OC)B1OC(C)(C)C(C)(C)O1. The minimum atomic E-state index is -0.464. The average Bonchev–Trinajstić information content (AvgIpc) is 2.95. The van der Waals surface area contributed by atoms with Crippen LogP contribution in [0.1, 0.15) is 96.4 Å². The molecule has 0 spiro atoms. The topological polar surface area (TPSA) is 40.0 Å².